The predicted octanol–water partition coefficient (Wildman–Crippen LogP) is 0.612. The first-order chi connectivity index (χ1) is 20.9. The van der Waals surface area contributed by atoms with Gasteiger partial charge < -0.3 is 51.5 Å². The molecule has 24 heteroatoms. The molecule has 3 fully saturated rings. The second-order valence-corrected chi connectivity index (χ2v) is 14.3. The molecular formula is C20H21BF2N10O8P2S-. The highest BCUT2D eigenvalue weighted by Gasteiger charge is 2.52. The number of aromatic nitrogens is 8. The van der Waals surface area contributed by atoms with E-state index in [1.165, 1.54) is 21.8 Å². The van der Waals surface area contributed by atoms with Crippen LogP contribution in [-0.4, -0.2) is 101 Å². The summed E-state index contributed by atoms with van der Waals surface area (Å²) in [6.45, 7) is -5.58. The van der Waals surface area contributed by atoms with Crippen LogP contribution in [0.4, 0.5) is 20.4 Å². The molecular weight excluding hydrogens is 651 g/mol. The Kier molecular flexibility index (Phi) is 7.43. The molecule has 3 radical (unpaired) electrons. The largest absolute Gasteiger partial charge is 0.444 e. The molecule has 1 unspecified atom stereocenters. The highest BCUT2D eigenvalue weighted by molar-refractivity contribution is 8.07. The van der Waals surface area contributed by atoms with Crippen molar-refractivity contribution in [3.05, 3.63) is 25.3 Å². The van der Waals surface area contributed by atoms with E-state index in [2.05, 4.69) is 29.9 Å². The molecule has 0 saturated carbocycles. The SMILES string of the molecule is [B-][P@]1(=O)OC[C@H]2O[C@@H](n3cnc4c(N)ncnc43)[C@H](F)[C@@H]2OP(O)(=S)OC[C@H]2O[C@@H](n3cnc4c(N)ncnc43)[C@H](F)[C@@H]2O1. The molecule has 4 aromatic heterocycles. The van der Waals surface area contributed by atoms with Crippen molar-refractivity contribution in [3.8, 4) is 0 Å². The first kappa shape index (κ1) is 29.9. The third-order valence-electron chi connectivity index (χ3n) is 7.20. The van der Waals surface area contributed by atoms with Crippen LogP contribution in [-0.2, 0) is 43.9 Å². The molecule has 44 heavy (non-hydrogen) atoms. The third-order valence-corrected chi connectivity index (χ3v) is 9.81. The van der Waals surface area contributed by atoms with Gasteiger partial charge in [0.1, 0.15) is 48.1 Å². The lowest BCUT2D eigenvalue weighted by Gasteiger charge is -2.34. The maximum absolute atomic E-state index is 16.0. The Hall–Kier alpha value is -2.78. The number of rotatable bonds is 2. The van der Waals surface area contributed by atoms with Crippen LogP contribution in [0.1, 0.15) is 12.5 Å². The fourth-order valence-corrected chi connectivity index (χ4v) is 7.64. The van der Waals surface area contributed by atoms with Crippen LogP contribution in [0.25, 0.3) is 22.3 Å². The maximum atomic E-state index is 16.0. The average Bonchev–Trinajstić information content (AvgIpc) is 3.73. The van der Waals surface area contributed by atoms with Crippen LogP contribution < -0.4 is 11.5 Å². The Morgan fingerprint density at radius 3 is 1.84 bits per heavy atom. The van der Waals surface area contributed by atoms with Crippen molar-refractivity contribution in [1.82, 2.24) is 39.0 Å². The number of nitrogens with zero attached hydrogens (tertiary/aromatic N) is 8. The number of alkyl halides is 2. The minimum absolute atomic E-state index is 0.0472. The molecule has 0 aliphatic carbocycles. The van der Waals surface area contributed by atoms with Gasteiger partial charge in [-0.3, -0.25) is 13.7 Å². The number of fused-ring (bicyclic) bond motifs is 4. The molecule has 18 nitrogen and oxygen atoms in total. The summed E-state index contributed by atoms with van der Waals surface area (Å²) in [6, 6.07) is 0. The van der Waals surface area contributed by atoms with E-state index in [0.717, 1.165) is 12.7 Å². The lowest BCUT2D eigenvalue weighted by molar-refractivity contribution is -0.0566. The third kappa shape index (κ3) is 5.18. The fourth-order valence-electron chi connectivity index (χ4n) is 5.20. The lowest BCUT2D eigenvalue weighted by atomic mass is 10.1. The van der Waals surface area contributed by atoms with E-state index in [-0.39, 0.29) is 34.0 Å². The summed E-state index contributed by atoms with van der Waals surface area (Å²) < 4.78 is 81.0. The molecule has 7 heterocycles. The van der Waals surface area contributed by atoms with Gasteiger partial charge in [0, 0.05) is 0 Å². The number of ether oxygens (including phenoxy) is 2. The predicted molar refractivity (Wildman–Crippen MR) is 149 cm³/mol. The van der Waals surface area contributed by atoms with Crippen molar-refractivity contribution in [1.29, 1.82) is 0 Å². The van der Waals surface area contributed by atoms with E-state index in [9.17, 15) is 9.46 Å². The zero-order valence-corrected chi connectivity index (χ0v) is 24.6. The van der Waals surface area contributed by atoms with Gasteiger partial charge in [0.15, 0.2) is 47.7 Å². The number of nitrogens with two attached hydrogens (primary N) is 2. The zero-order valence-electron chi connectivity index (χ0n) is 22.0. The van der Waals surface area contributed by atoms with E-state index in [0.29, 0.717) is 0 Å². The average molecular weight is 672 g/mol. The van der Waals surface area contributed by atoms with Crippen molar-refractivity contribution >= 4 is 67.5 Å². The van der Waals surface area contributed by atoms with Crippen LogP contribution in [0, 0.1) is 0 Å². The fraction of sp³-hybridized carbons (Fsp3) is 0.500. The van der Waals surface area contributed by atoms with Crippen LogP contribution in [0.2, 0.25) is 0 Å². The second-order valence-electron chi connectivity index (χ2n) is 9.92. The van der Waals surface area contributed by atoms with E-state index in [1.807, 2.05) is 0 Å². The van der Waals surface area contributed by atoms with E-state index in [4.69, 9.17) is 58.4 Å². The van der Waals surface area contributed by atoms with Gasteiger partial charge in [0.2, 0.25) is 0 Å². The van der Waals surface area contributed by atoms with Crippen molar-refractivity contribution in [2.24, 2.45) is 0 Å². The highest BCUT2D eigenvalue weighted by atomic mass is 32.5. The minimum Gasteiger partial charge on any atom is -0.444 e. The Labute approximate surface area is 251 Å². The zero-order chi connectivity index (χ0) is 31.0. The van der Waals surface area contributed by atoms with Gasteiger partial charge in [-0.05, 0) is 11.8 Å². The summed E-state index contributed by atoms with van der Waals surface area (Å²) in [5.41, 5.74) is 12.3. The van der Waals surface area contributed by atoms with Gasteiger partial charge in [0.25, 0.3) is 0 Å². The smallest absolute Gasteiger partial charge is 0.325 e. The monoisotopic (exact) mass is 672 g/mol. The van der Waals surface area contributed by atoms with Gasteiger partial charge in [0.05, 0.1) is 33.3 Å². The van der Waals surface area contributed by atoms with E-state index < -0.39 is 76.6 Å². The summed E-state index contributed by atoms with van der Waals surface area (Å²) in [6.07, 6.45) is -8.19. The van der Waals surface area contributed by atoms with Crippen molar-refractivity contribution in [3.63, 3.8) is 0 Å². The summed E-state index contributed by atoms with van der Waals surface area (Å²) in [4.78, 5) is 34.9. The Bertz CT molecular complexity index is 1710. The van der Waals surface area contributed by atoms with Crippen LogP contribution >= 0.6 is 14.2 Å². The van der Waals surface area contributed by atoms with Crippen molar-refractivity contribution < 1.29 is 45.8 Å². The number of hydrogen-bond donors (Lipinski definition) is 3. The number of anilines is 2. The second kappa shape index (κ2) is 10.9. The molecule has 3 saturated heterocycles. The number of halogens is 2. The van der Waals surface area contributed by atoms with Gasteiger partial charge >= 0.3 is 6.72 Å². The molecule has 0 spiro atoms. The van der Waals surface area contributed by atoms with E-state index >= 15 is 8.78 Å². The Morgan fingerprint density at radius 1 is 0.841 bits per heavy atom. The molecule has 3 aliphatic rings. The van der Waals surface area contributed by atoms with Crippen LogP contribution in [0.15, 0.2) is 25.3 Å². The maximum Gasteiger partial charge on any atom is 0.325 e. The molecule has 0 amide bonds. The molecule has 7 rings (SSSR count). The van der Waals surface area contributed by atoms with Gasteiger partial charge in [-0.2, -0.15) is 0 Å². The van der Waals surface area contributed by atoms with Gasteiger partial charge in [-0.25, -0.2) is 38.7 Å². The standard InChI is InChI=1S/C20H21BF2N10O8P2S/c21-42(34)36-1-7-14(10(23)20(38-7)33-6-31-12-16(25)27-4-29-18(12)33)41-43(35,44)37-2-8-13(40-42)9(22)19(39-8)32-5-30-11-15(24)26-3-28-17(11)32/h3-10,13-14,19-20H,1-2H2,(H,35,44)(H2,24,26,28)(H2,25,27,29)/q-1/t7-,8-,9-,10-,13-,14-,19-,20-,42+,43?/m1/s1. The van der Waals surface area contributed by atoms with Crippen LogP contribution in [0.3, 0.4) is 0 Å². The molecule has 0 bridgehead atoms. The van der Waals surface area contributed by atoms with E-state index in [1.54, 1.807) is 0 Å². The van der Waals surface area contributed by atoms with Gasteiger partial charge in [-0.15, -0.1) is 0 Å². The molecule has 233 valence electrons. The molecule has 3 aliphatic heterocycles. The molecule has 5 N–H and O–H groups in total. The summed E-state index contributed by atoms with van der Waals surface area (Å²) in [5, 5.41) is 0. The topological polar surface area (TPSA) is 232 Å². The highest BCUT2D eigenvalue weighted by Crippen LogP contribution is 2.54. The molecule has 0 aromatic carbocycles. The Morgan fingerprint density at radius 2 is 1.32 bits per heavy atom. The number of imidazole rings is 2. The summed E-state index contributed by atoms with van der Waals surface area (Å²) in [5.74, 6) is 0.0968. The summed E-state index contributed by atoms with van der Waals surface area (Å²) in [7, 11) is 1.26. The molecule has 4 aromatic rings. The first-order valence-corrected chi connectivity index (χ1v) is 16.9. The lowest BCUT2D eigenvalue weighted by Crippen LogP contribution is -2.37. The van der Waals surface area contributed by atoms with Crippen LogP contribution in [0.5, 0.6) is 0 Å². The number of hydrogen-bond acceptors (Lipinski definition) is 16. The van der Waals surface area contributed by atoms with Gasteiger partial charge in [-0.1, -0.05) is 0 Å². The normalized spacial score (nSPS) is 38.3. The van der Waals surface area contributed by atoms with Crippen molar-refractivity contribution in [2.45, 2.75) is 49.2 Å². The number of nitrogen functional groups attached to an aromatic ring is 2. The quantitative estimate of drug-likeness (QED) is 0.196. The summed E-state index contributed by atoms with van der Waals surface area (Å²) >= 11 is 5.14. The Balaban J connectivity index is 1.17. The first-order valence-electron chi connectivity index (χ1n) is 12.7. The minimum atomic E-state index is -4.57. The van der Waals surface area contributed by atoms with Crippen molar-refractivity contribution in [2.75, 3.05) is 24.7 Å². The molecule has 10 atom stereocenters.